The van der Waals surface area contributed by atoms with Crippen LogP contribution in [-0.4, -0.2) is 83.1 Å². The zero-order chi connectivity index (χ0) is 23.8. The third kappa shape index (κ3) is 4.07. The van der Waals surface area contributed by atoms with Crippen LogP contribution in [0.3, 0.4) is 0 Å². The minimum Gasteiger partial charge on any atom is -0.378 e. The second-order valence-electron chi connectivity index (χ2n) is 8.52. The molecule has 0 bridgehead atoms. The molecule has 0 saturated carbocycles. The maximum atomic E-state index is 15.1. The van der Waals surface area contributed by atoms with Crippen molar-refractivity contribution in [3.05, 3.63) is 29.8 Å². The van der Waals surface area contributed by atoms with E-state index in [1.165, 1.54) is 10.7 Å². The van der Waals surface area contributed by atoms with E-state index in [1.54, 1.807) is 33.2 Å². The number of halogens is 2. The normalized spacial score (nSPS) is 21.8. The first kappa shape index (κ1) is 22.5. The Bertz CT molecular complexity index is 1230. The van der Waals surface area contributed by atoms with Crippen molar-refractivity contribution in [2.45, 2.75) is 31.6 Å². The van der Waals surface area contributed by atoms with E-state index in [2.05, 4.69) is 40.8 Å². The van der Waals surface area contributed by atoms with E-state index >= 15 is 4.39 Å². The number of ether oxygens (including phenoxy) is 1. The summed E-state index contributed by atoms with van der Waals surface area (Å²) in [5, 5.41) is 18.3. The van der Waals surface area contributed by atoms with Gasteiger partial charge in [0.25, 0.3) is 0 Å². The molecule has 2 saturated heterocycles. The molecule has 180 valence electrons. The van der Waals surface area contributed by atoms with Crippen molar-refractivity contribution in [1.29, 1.82) is 0 Å². The Balaban J connectivity index is 1.44. The first-order chi connectivity index (χ1) is 16.5. The lowest BCUT2D eigenvalue weighted by molar-refractivity contribution is -0.0794. The van der Waals surface area contributed by atoms with Crippen LogP contribution in [0.25, 0.3) is 16.8 Å². The summed E-state index contributed by atoms with van der Waals surface area (Å²) in [7, 11) is 3.27. The fourth-order valence-electron chi connectivity index (χ4n) is 4.46. The lowest BCUT2D eigenvalue weighted by Crippen LogP contribution is -2.57. The molecule has 34 heavy (non-hydrogen) atoms. The number of pyridine rings is 1. The van der Waals surface area contributed by atoms with Gasteiger partial charge in [-0.15, -0.1) is 5.10 Å². The summed E-state index contributed by atoms with van der Waals surface area (Å²) in [5.41, 5.74) is 2.39. The molecule has 5 heterocycles. The molecule has 2 atom stereocenters. The number of alkyl halides is 1. The van der Waals surface area contributed by atoms with Crippen LogP contribution in [0.15, 0.2) is 28.6 Å². The fraction of sp³-hybridized carbons (Fsp3) is 0.500. The average Bonchev–Trinajstić information content (AvgIpc) is 3.11. The second-order valence-corrected chi connectivity index (χ2v) is 8.52. The quantitative estimate of drug-likeness (QED) is 0.532. The number of nitrogens with zero attached hydrogens (tertiary/aromatic N) is 7. The van der Waals surface area contributed by atoms with Crippen LogP contribution in [0.2, 0.25) is 0 Å². The third-order valence-corrected chi connectivity index (χ3v) is 6.37. The van der Waals surface area contributed by atoms with E-state index in [9.17, 15) is 4.39 Å². The number of likely N-dealkylation sites (tertiary alicyclic amines) is 1. The van der Waals surface area contributed by atoms with Crippen molar-refractivity contribution in [3.63, 3.8) is 0 Å². The number of aryl methyl sites for hydroxylation is 1. The standard InChI is InChI=1S/C22H27F2N9O/c1-12-16(30-26-3)4-5-18(27-12)19-15(24)9-33-20(19)21(25-2)29-22(31-33)28-17-6-7-32(8-14(17)23)13-10-34-11-13/h4-5,9,13-14,17H,6-8,10-11H2,1-3H3,(H2,25,28,29,31). The number of nitrogens with one attached hydrogen (secondary N) is 2. The zero-order valence-corrected chi connectivity index (χ0v) is 19.3. The van der Waals surface area contributed by atoms with Gasteiger partial charge in [-0.1, -0.05) is 0 Å². The summed E-state index contributed by atoms with van der Waals surface area (Å²) >= 11 is 0. The van der Waals surface area contributed by atoms with Gasteiger partial charge >= 0.3 is 0 Å². The first-order valence-corrected chi connectivity index (χ1v) is 11.3. The predicted molar refractivity (Wildman–Crippen MR) is 124 cm³/mol. The number of anilines is 2. The Hall–Kier alpha value is -3.25. The van der Waals surface area contributed by atoms with E-state index in [-0.39, 0.29) is 11.5 Å². The monoisotopic (exact) mass is 471 g/mol. The van der Waals surface area contributed by atoms with E-state index in [4.69, 9.17) is 4.74 Å². The van der Waals surface area contributed by atoms with E-state index < -0.39 is 18.0 Å². The number of aromatic nitrogens is 4. The number of hydrogen-bond acceptors (Lipinski definition) is 9. The van der Waals surface area contributed by atoms with Gasteiger partial charge < -0.3 is 15.4 Å². The molecule has 3 aromatic heterocycles. The maximum absolute atomic E-state index is 15.1. The zero-order valence-electron chi connectivity index (χ0n) is 19.3. The largest absolute Gasteiger partial charge is 0.378 e. The Morgan fingerprint density at radius 1 is 1.24 bits per heavy atom. The highest BCUT2D eigenvalue weighted by atomic mass is 19.1. The Morgan fingerprint density at radius 3 is 2.71 bits per heavy atom. The molecule has 2 aliphatic rings. The summed E-state index contributed by atoms with van der Waals surface area (Å²) in [4.78, 5) is 11.2. The first-order valence-electron chi connectivity index (χ1n) is 11.3. The molecule has 2 N–H and O–H groups in total. The van der Waals surface area contributed by atoms with Gasteiger partial charge in [-0.25, -0.2) is 13.3 Å². The average molecular weight is 472 g/mol. The van der Waals surface area contributed by atoms with Crippen LogP contribution in [-0.2, 0) is 4.74 Å². The number of piperidine rings is 1. The Labute approximate surface area is 195 Å². The summed E-state index contributed by atoms with van der Waals surface area (Å²) in [6.45, 7) is 4.23. The van der Waals surface area contributed by atoms with Gasteiger partial charge in [0.2, 0.25) is 5.95 Å². The topological polar surface area (TPSA) is 104 Å². The van der Waals surface area contributed by atoms with Crippen LogP contribution >= 0.6 is 0 Å². The van der Waals surface area contributed by atoms with E-state index in [0.29, 0.717) is 60.6 Å². The van der Waals surface area contributed by atoms with Crippen molar-refractivity contribution in [2.24, 2.45) is 10.2 Å². The Morgan fingerprint density at radius 2 is 2.06 bits per heavy atom. The molecule has 0 radical (unpaired) electrons. The molecular weight excluding hydrogens is 444 g/mol. The predicted octanol–water partition coefficient (Wildman–Crippen LogP) is 3.22. The van der Waals surface area contributed by atoms with Gasteiger partial charge in [0.15, 0.2) is 11.6 Å². The van der Waals surface area contributed by atoms with Crippen molar-refractivity contribution in [2.75, 3.05) is 51.0 Å². The summed E-state index contributed by atoms with van der Waals surface area (Å²) in [5.74, 6) is 0.154. The molecular formula is C22H27F2N9O. The molecule has 0 amide bonds. The fourth-order valence-corrected chi connectivity index (χ4v) is 4.46. The van der Waals surface area contributed by atoms with Crippen LogP contribution in [0.4, 0.5) is 26.2 Å². The lowest BCUT2D eigenvalue weighted by Gasteiger charge is -2.42. The van der Waals surface area contributed by atoms with Crippen LogP contribution < -0.4 is 10.6 Å². The highest BCUT2D eigenvalue weighted by Crippen LogP contribution is 2.34. The number of rotatable bonds is 6. The van der Waals surface area contributed by atoms with Gasteiger partial charge in [-0.05, 0) is 25.5 Å². The summed E-state index contributed by atoms with van der Waals surface area (Å²) < 4.78 is 36.7. The lowest BCUT2D eigenvalue weighted by atomic mass is 10.0. The smallest absolute Gasteiger partial charge is 0.243 e. The van der Waals surface area contributed by atoms with Crippen LogP contribution in [0.1, 0.15) is 12.1 Å². The van der Waals surface area contributed by atoms with Gasteiger partial charge in [0, 0.05) is 27.2 Å². The number of azo groups is 1. The molecule has 2 fully saturated rings. The van der Waals surface area contributed by atoms with Crippen molar-refractivity contribution in [3.8, 4) is 11.3 Å². The SMILES string of the molecule is CN=Nc1ccc(-c2c(F)cn3nc(NC4CCN(C5COC5)CC4F)nc(NC)c23)nc1C. The molecule has 12 heteroatoms. The minimum atomic E-state index is -1.07. The van der Waals surface area contributed by atoms with Crippen molar-refractivity contribution >= 4 is 23.0 Å². The summed E-state index contributed by atoms with van der Waals surface area (Å²) in [6.07, 6.45) is 0.819. The Kier molecular flexibility index (Phi) is 6.09. The molecule has 0 aromatic carbocycles. The van der Waals surface area contributed by atoms with Crippen LogP contribution in [0.5, 0.6) is 0 Å². The number of hydrogen-bond donors (Lipinski definition) is 2. The van der Waals surface area contributed by atoms with E-state index in [1.807, 2.05) is 0 Å². The van der Waals surface area contributed by atoms with Crippen LogP contribution in [0, 0.1) is 12.7 Å². The van der Waals surface area contributed by atoms with Gasteiger partial charge in [0.1, 0.15) is 17.4 Å². The van der Waals surface area contributed by atoms with Gasteiger partial charge in [0.05, 0.1) is 48.4 Å². The molecule has 2 unspecified atom stereocenters. The molecule has 0 aliphatic carbocycles. The molecule has 5 rings (SSSR count). The second kappa shape index (κ2) is 9.18. The summed E-state index contributed by atoms with van der Waals surface area (Å²) in [6, 6.07) is 3.31. The van der Waals surface area contributed by atoms with Gasteiger partial charge in [-0.2, -0.15) is 15.2 Å². The third-order valence-electron chi connectivity index (χ3n) is 6.37. The van der Waals surface area contributed by atoms with Gasteiger partial charge in [-0.3, -0.25) is 9.88 Å². The molecule has 3 aromatic rings. The minimum absolute atomic E-state index is 0.231. The molecule has 2 aliphatic heterocycles. The maximum Gasteiger partial charge on any atom is 0.243 e. The highest BCUT2D eigenvalue weighted by molar-refractivity contribution is 5.88. The van der Waals surface area contributed by atoms with Crippen molar-refractivity contribution < 1.29 is 13.5 Å². The molecule has 0 spiro atoms. The number of fused-ring (bicyclic) bond motifs is 1. The highest BCUT2D eigenvalue weighted by Gasteiger charge is 2.35. The van der Waals surface area contributed by atoms with E-state index in [0.717, 1.165) is 6.54 Å². The molecule has 10 nitrogen and oxygen atoms in total. The van der Waals surface area contributed by atoms with Crippen molar-refractivity contribution in [1.82, 2.24) is 24.5 Å².